The molecule has 1 unspecified atom stereocenters. The normalized spacial score (nSPS) is 25.9. The third-order valence-electron chi connectivity index (χ3n) is 9.22. The van der Waals surface area contributed by atoms with E-state index in [0.717, 1.165) is 22.3 Å². The molecule has 6 rings (SSSR count). The smallest absolute Gasteiger partial charge is 0.422 e. The summed E-state index contributed by atoms with van der Waals surface area (Å²) in [5.74, 6) is -1.65. The molecule has 6 atom stereocenters. The largest absolute Gasteiger partial charge is 0.484 e. The van der Waals surface area contributed by atoms with E-state index in [2.05, 4.69) is 0 Å². The van der Waals surface area contributed by atoms with Crippen LogP contribution in [0.4, 0.5) is 13.2 Å². The maximum absolute atomic E-state index is 12.6. The number of hydrogen-bond donors (Lipinski definition) is 1. The summed E-state index contributed by atoms with van der Waals surface area (Å²) in [7, 11) is 0. The third-order valence-corrected chi connectivity index (χ3v) is 9.59. The van der Waals surface area contributed by atoms with Crippen molar-refractivity contribution in [1.82, 2.24) is 0 Å². The Labute approximate surface area is 283 Å². The Morgan fingerprint density at radius 1 is 0.875 bits per heavy atom. The van der Waals surface area contributed by atoms with Gasteiger partial charge >= 0.3 is 6.18 Å². The molecule has 6 nitrogen and oxygen atoms in total. The van der Waals surface area contributed by atoms with E-state index in [4.69, 9.17) is 35.3 Å². The van der Waals surface area contributed by atoms with Crippen LogP contribution in [0.1, 0.15) is 41.7 Å². The van der Waals surface area contributed by atoms with Crippen LogP contribution >= 0.6 is 11.6 Å². The lowest BCUT2D eigenvalue weighted by Crippen LogP contribution is -2.65. The fraction of sp³-hybridized carbons (Fsp3) is 0.368. The minimum Gasteiger partial charge on any atom is -0.484 e. The summed E-state index contributed by atoms with van der Waals surface area (Å²) < 4.78 is 69.6. The molecule has 1 N–H and O–H groups in total. The summed E-state index contributed by atoms with van der Waals surface area (Å²) in [5, 5.41) is 11.7. The standard InChI is InChI=1S/C38H38ClF3O6/c1-25-34(44-21-28-9-5-3-6-10-28)35(45-22-29-11-7-4-8-12-29)38(47-23-36(25,48-38)26(2)43)31-15-18-33(39)30(20-31)19-27-13-16-32(17-14-27)46-24-37(40,41)42/h3-18,20,25-26,34-35,43H,19,21-24H2,1-2H3/t25-,26?,34-,35+,36-,38-/m0/s1. The minimum atomic E-state index is -4.42. The van der Waals surface area contributed by atoms with Crippen LogP contribution in [-0.2, 0) is 44.4 Å². The van der Waals surface area contributed by atoms with Crippen molar-refractivity contribution in [2.24, 2.45) is 5.92 Å². The number of halogens is 4. The van der Waals surface area contributed by atoms with E-state index in [1.165, 1.54) is 12.1 Å². The van der Waals surface area contributed by atoms with Crippen LogP contribution in [0.2, 0.25) is 5.02 Å². The molecule has 254 valence electrons. The molecule has 4 aromatic rings. The summed E-state index contributed by atoms with van der Waals surface area (Å²) in [5.41, 5.74) is 3.09. The highest BCUT2D eigenvalue weighted by Crippen LogP contribution is 2.55. The van der Waals surface area contributed by atoms with Crippen molar-refractivity contribution in [3.8, 4) is 5.75 Å². The van der Waals surface area contributed by atoms with Gasteiger partial charge in [0.2, 0.25) is 5.79 Å². The van der Waals surface area contributed by atoms with E-state index in [0.29, 0.717) is 23.6 Å². The van der Waals surface area contributed by atoms with Crippen LogP contribution in [-0.4, -0.2) is 48.4 Å². The van der Waals surface area contributed by atoms with Gasteiger partial charge in [0.05, 0.1) is 32.0 Å². The van der Waals surface area contributed by atoms with Gasteiger partial charge in [0, 0.05) is 16.5 Å². The van der Waals surface area contributed by atoms with Gasteiger partial charge in [0.25, 0.3) is 0 Å². The van der Waals surface area contributed by atoms with Gasteiger partial charge in [-0.2, -0.15) is 13.2 Å². The van der Waals surface area contributed by atoms with Crippen molar-refractivity contribution < 1.29 is 42.0 Å². The summed E-state index contributed by atoms with van der Waals surface area (Å²) in [4.78, 5) is 0. The van der Waals surface area contributed by atoms with Gasteiger partial charge in [-0.3, -0.25) is 0 Å². The average Bonchev–Trinajstić information content (AvgIpc) is 3.46. The summed E-state index contributed by atoms with van der Waals surface area (Å²) in [6.45, 7) is 3.03. The highest BCUT2D eigenvalue weighted by molar-refractivity contribution is 6.31. The average molecular weight is 683 g/mol. The van der Waals surface area contributed by atoms with E-state index in [1.807, 2.05) is 79.7 Å². The number of alkyl halides is 3. The SMILES string of the molecule is CC(O)[C@@]12CO[C@@](c3ccc(Cl)c(Cc4ccc(OCC(F)(F)F)cc4)c3)(O1)[C@H](OCc1ccccc1)[C@@H](OCc1ccccc1)[C@@H]2C. The number of benzene rings is 4. The van der Waals surface area contributed by atoms with Gasteiger partial charge in [-0.1, -0.05) is 97.4 Å². The fourth-order valence-corrected chi connectivity index (χ4v) is 6.74. The lowest BCUT2D eigenvalue weighted by molar-refractivity contribution is -0.343. The lowest BCUT2D eigenvalue weighted by atomic mass is 9.75. The first-order valence-electron chi connectivity index (χ1n) is 15.9. The molecule has 2 bridgehead atoms. The van der Waals surface area contributed by atoms with Crippen molar-refractivity contribution in [1.29, 1.82) is 0 Å². The molecule has 0 aliphatic carbocycles. The quantitative estimate of drug-likeness (QED) is 0.163. The molecular weight excluding hydrogens is 645 g/mol. The van der Waals surface area contributed by atoms with Crippen molar-refractivity contribution in [3.63, 3.8) is 0 Å². The van der Waals surface area contributed by atoms with Crippen LogP contribution in [0.3, 0.4) is 0 Å². The van der Waals surface area contributed by atoms with E-state index in [9.17, 15) is 18.3 Å². The molecule has 2 saturated heterocycles. The Kier molecular flexibility index (Phi) is 10.2. The summed E-state index contributed by atoms with van der Waals surface area (Å²) in [6.07, 6.45) is -6.22. The second-order valence-electron chi connectivity index (χ2n) is 12.5. The third kappa shape index (κ3) is 7.27. The molecule has 2 aliphatic heterocycles. The number of rotatable bonds is 12. The molecule has 0 aromatic heterocycles. The first kappa shape index (κ1) is 34.4. The van der Waals surface area contributed by atoms with Gasteiger partial charge in [0.1, 0.15) is 17.5 Å². The summed E-state index contributed by atoms with van der Waals surface area (Å²) >= 11 is 6.71. The highest BCUT2D eigenvalue weighted by atomic mass is 35.5. The van der Waals surface area contributed by atoms with Crippen LogP contribution in [0.5, 0.6) is 5.75 Å². The van der Waals surface area contributed by atoms with Crippen LogP contribution < -0.4 is 4.74 Å². The van der Waals surface area contributed by atoms with Crippen molar-refractivity contribution in [2.75, 3.05) is 13.2 Å². The monoisotopic (exact) mass is 682 g/mol. The van der Waals surface area contributed by atoms with Gasteiger partial charge < -0.3 is 28.8 Å². The zero-order chi connectivity index (χ0) is 33.9. The fourth-order valence-electron chi connectivity index (χ4n) is 6.55. The van der Waals surface area contributed by atoms with Crippen molar-refractivity contribution >= 4 is 11.6 Å². The first-order chi connectivity index (χ1) is 23.0. The summed E-state index contributed by atoms with van der Waals surface area (Å²) in [6, 6.07) is 31.6. The number of aliphatic hydroxyl groups excluding tert-OH is 1. The van der Waals surface area contributed by atoms with Gasteiger partial charge in [-0.25, -0.2) is 0 Å². The molecule has 2 aliphatic rings. The van der Waals surface area contributed by atoms with Crippen LogP contribution in [0, 0.1) is 5.92 Å². The second kappa shape index (κ2) is 14.2. The highest BCUT2D eigenvalue weighted by Gasteiger charge is 2.69. The Hall–Kier alpha value is -3.44. The maximum Gasteiger partial charge on any atom is 0.422 e. The Morgan fingerprint density at radius 3 is 2.10 bits per heavy atom. The Balaban J connectivity index is 1.35. The molecule has 4 aromatic carbocycles. The molecule has 0 saturated carbocycles. The zero-order valence-corrected chi connectivity index (χ0v) is 27.4. The molecule has 0 amide bonds. The Bertz CT molecular complexity index is 1650. The predicted octanol–water partition coefficient (Wildman–Crippen LogP) is 8.01. The molecule has 2 fully saturated rings. The minimum absolute atomic E-state index is 0.111. The van der Waals surface area contributed by atoms with E-state index >= 15 is 0 Å². The van der Waals surface area contributed by atoms with Crippen LogP contribution in [0.25, 0.3) is 0 Å². The Morgan fingerprint density at radius 2 is 1.50 bits per heavy atom. The molecule has 2 heterocycles. The molecule has 10 heteroatoms. The predicted molar refractivity (Wildman–Crippen MR) is 175 cm³/mol. The maximum atomic E-state index is 12.6. The van der Waals surface area contributed by atoms with E-state index < -0.39 is 42.5 Å². The number of ether oxygens (including phenoxy) is 5. The second-order valence-corrected chi connectivity index (χ2v) is 12.9. The van der Waals surface area contributed by atoms with Gasteiger partial charge in [-0.05, 0) is 59.9 Å². The topological polar surface area (TPSA) is 66.4 Å². The van der Waals surface area contributed by atoms with Crippen molar-refractivity contribution in [2.45, 2.75) is 69.4 Å². The van der Waals surface area contributed by atoms with Gasteiger partial charge in [0.15, 0.2) is 6.61 Å². The molecular formula is C38H38ClF3O6. The van der Waals surface area contributed by atoms with Crippen LogP contribution in [0.15, 0.2) is 103 Å². The zero-order valence-electron chi connectivity index (χ0n) is 26.7. The number of fused-ring (bicyclic) bond motifs is 2. The van der Waals surface area contributed by atoms with Crippen molar-refractivity contribution in [3.05, 3.63) is 136 Å². The number of aliphatic hydroxyl groups is 1. The molecule has 0 radical (unpaired) electrons. The molecule has 48 heavy (non-hydrogen) atoms. The first-order valence-corrected chi connectivity index (χ1v) is 16.3. The van der Waals surface area contributed by atoms with Gasteiger partial charge in [-0.15, -0.1) is 0 Å². The van der Waals surface area contributed by atoms with E-state index in [-0.39, 0.29) is 24.9 Å². The lowest BCUT2D eigenvalue weighted by Gasteiger charge is -2.51. The van der Waals surface area contributed by atoms with E-state index in [1.54, 1.807) is 25.1 Å². The number of hydrogen-bond acceptors (Lipinski definition) is 6. The molecule has 0 spiro atoms.